The van der Waals surface area contributed by atoms with Crippen LogP contribution >= 0.6 is 11.6 Å². The highest BCUT2D eigenvalue weighted by Gasteiger charge is 2.22. The molecule has 0 bridgehead atoms. The molecule has 5 heteroatoms. The van der Waals surface area contributed by atoms with Crippen molar-refractivity contribution in [1.82, 2.24) is 9.55 Å². The zero-order valence-corrected chi connectivity index (χ0v) is 11.9. The van der Waals surface area contributed by atoms with Crippen LogP contribution in [0.15, 0.2) is 12.1 Å². The smallest absolute Gasteiger partial charge is 0.149 e. The van der Waals surface area contributed by atoms with Gasteiger partial charge < -0.3 is 14.0 Å². The predicted molar refractivity (Wildman–Crippen MR) is 74.9 cm³/mol. The highest BCUT2D eigenvalue weighted by Crippen LogP contribution is 2.30. The minimum Gasteiger partial charge on any atom is -0.494 e. The van der Waals surface area contributed by atoms with E-state index in [4.69, 9.17) is 21.1 Å². The van der Waals surface area contributed by atoms with Gasteiger partial charge in [-0.05, 0) is 25.0 Å². The monoisotopic (exact) mass is 280 g/mol. The molecule has 1 aliphatic heterocycles. The van der Waals surface area contributed by atoms with E-state index < -0.39 is 0 Å². The normalized spacial score (nSPS) is 18.6. The van der Waals surface area contributed by atoms with E-state index in [0.717, 1.165) is 47.7 Å². The van der Waals surface area contributed by atoms with Crippen molar-refractivity contribution in [3.05, 3.63) is 23.5 Å². The largest absolute Gasteiger partial charge is 0.494 e. The quantitative estimate of drug-likeness (QED) is 0.808. The summed E-state index contributed by atoms with van der Waals surface area (Å²) in [6.45, 7) is 3.69. The standard InChI is InChI=1S/C14H17ClN2O2/c1-9-3-4-11-13(14(9)18-2)16-12(7-15)17(11)8-10-5-6-19-10/h3-4,10H,5-8H2,1-2H3/t10-/m0/s1. The molecule has 0 N–H and O–H groups in total. The second kappa shape index (κ2) is 5.02. The lowest BCUT2D eigenvalue weighted by Gasteiger charge is -2.27. The number of rotatable bonds is 4. The molecular weight excluding hydrogens is 264 g/mol. The van der Waals surface area contributed by atoms with Gasteiger partial charge in [-0.15, -0.1) is 11.6 Å². The van der Waals surface area contributed by atoms with Crippen LogP contribution in [0.3, 0.4) is 0 Å². The molecule has 1 atom stereocenters. The van der Waals surface area contributed by atoms with Crippen molar-refractivity contribution in [2.45, 2.75) is 31.9 Å². The van der Waals surface area contributed by atoms with Crippen molar-refractivity contribution in [3.63, 3.8) is 0 Å². The third kappa shape index (κ3) is 2.09. The molecule has 2 heterocycles. The Labute approximate surface area is 117 Å². The molecule has 4 nitrogen and oxygen atoms in total. The van der Waals surface area contributed by atoms with Gasteiger partial charge in [0.25, 0.3) is 0 Å². The molecule has 1 aromatic carbocycles. The van der Waals surface area contributed by atoms with Crippen molar-refractivity contribution < 1.29 is 9.47 Å². The lowest BCUT2D eigenvalue weighted by Crippen LogP contribution is -2.31. The van der Waals surface area contributed by atoms with Gasteiger partial charge in [0.15, 0.2) is 0 Å². The molecule has 2 aromatic rings. The fourth-order valence-corrected chi connectivity index (χ4v) is 2.72. The zero-order valence-electron chi connectivity index (χ0n) is 11.1. The average molecular weight is 281 g/mol. The summed E-state index contributed by atoms with van der Waals surface area (Å²) in [6.07, 6.45) is 1.39. The molecule has 1 aliphatic rings. The third-order valence-corrected chi connectivity index (χ3v) is 3.89. The van der Waals surface area contributed by atoms with E-state index in [1.807, 2.05) is 6.92 Å². The predicted octanol–water partition coefficient (Wildman–Crippen LogP) is 2.88. The van der Waals surface area contributed by atoms with E-state index in [1.54, 1.807) is 7.11 Å². The Morgan fingerprint density at radius 3 is 2.89 bits per heavy atom. The van der Waals surface area contributed by atoms with Crippen LogP contribution in [0.5, 0.6) is 5.75 Å². The Morgan fingerprint density at radius 1 is 1.53 bits per heavy atom. The second-order valence-corrected chi connectivity index (χ2v) is 5.10. The van der Waals surface area contributed by atoms with Crippen LogP contribution in [0.1, 0.15) is 17.8 Å². The number of aryl methyl sites for hydroxylation is 1. The molecule has 0 saturated carbocycles. The van der Waals surface area contributed by atoms with E-state index in [0.29, 0.717) is 5.88 Å². The first-order chi connectivity index (χ1) is 9.24. The number of aromatic nitrogens is 2. The van der Waals surface area contributed by atoms with Crippen LogP contribution in [0.25, 0.3) is 11.0 Å². The molecule has 1 saturated heterocycles. The van der Waals surface area contributed by atoms with Gasteiger partial charge in [0.05, 0.1) is 31.2 Å². The summed E-state index contributed by atoms with van der Waals surface area (Å²) < 4.78 is 13.1. The minimum absolute atomic E-state index is 0.284. The number of imidazole rings is 1. The summed E-state index contributed by atoms with van der Waals surface area (Å²) in [5, 5.41) is 0. The van der Waals surface area contributed by atoms with Crippen molar-refractivity contribution in [2.75, 3.05) is 13.7 Å². The van der Waals surface area contributed by atoms with Crippen molar-refractivity contribution >= 4 is 22.6 Å². The lowest BCUT2D eigenvalue weighted by atomic mass is 10.1. The van der Waals surface area contributed by atoms with Gasteiger partial charge in [-0.25, -0.2) is 4.98 Å². The Kier molecular flexibility index (Phi) is 3.37. The highest BCUT2D eigenvalue weighted by atomic mass is 35.5. The molecule has 0 spiro atoms. The number of nitrogens with zero attached hydrogens (tertiary/aromatic N) is 2. The summed E-state index contributed by atoms with van der Waals surface area (Å²) in [6, 6.07) is 4.13. The van der Waals surface area contributed by atoms with Crippen LogP contribution in [0.2, 0.25) is 0 Å². The van der Waals surface area contributed by atoms with Crippen LogP contribution in [-0.2, 0) is 17.2 Å². The van der Waals surface area contributed by atoms with Crippen molar-refractivity contribution in [2.24, 2.45) is 0 Å². The number of benzene rings is 1. The van der Waals surface area contributed by atoms with Crippen LogP contribution in [-0.4, -0.2) is 29.4 Å². The van der Waals surface area contributed by atoms with Gasteiger partial charge in [-0.2, -0.15) is 0 Å². The summed E-state index contributed by atoms with van der Waals surface area (Å²) >= 11 is 6.02. The van der Waals surface area contributed by atoms with Gasteiger partial charge in [0.2, 0.25) is 0 Å². The topological polar surface area (TPSA) is 36.3 Å². The van der Waals surface area contributed by atoms with Crippen molar-refractivity contribution in [3.8, 4) is 5.75 Å². The molecule has 0 radical (unpaired) electrons. The Bertz CT molecular complexity index is 605. The van der Waals surface area contributed by atoms with Crippen LogP contribution < -0.4 is 4.74 Å². The fourth-order valence-electron chi connectivity index (χ4n) is 2.51. The summed E-state index contributed by atoms with van der Waals surface area (Å²) in [5.41, 5.74) is 3.03. The van der Waals surface area contributed by atoms with Gasteiger partial charge in [-0.3, -0.25) is 0 Å². The van der Waals surface area contributed by atoms with Crippen LogP contribution in [0, 0.1) is 6.92 Å². The zero-order chi connectivity index (χ0) is 13.4. The molecule has 0 unspecified atom stereocenters. The number of hydrogen-bond acceptors (Lipinski definition) is 3. The molecule has 0 aliphatic carbocycles. The molecule has 0 amide bonds. The highest BCUT2D eigenvalue weighted by molar-refractivity contribution is 6.16. The molecule has 1 aromatic heterocycles. The van der Waals surface area contributed by atoms with Crippen LogP contribution in [0.4, 0.5) is 0 Å². The first kappa shape index (κ1) is 12.8. The SMILES string of the molecule is COc1c(C)ccc2c1nc(CCl)n2C[C@@H]1CCO1. The summed E-state index contributed by atoms with van der Waals surface area (Å²) in [5.74, 6) is 2.09. The number of methoxy groups -OCH3 is 1. The number of alkyl halides is 1. The van der Waals surface area contributed by atoms with E-state index in [1.165, 1.54) is 0 Å². The first-order valence-electron chi connectivity index (χ1n) is 6.45. The second-order valence-electron chi connectivity index (χ2n) is 4.84. The molecule has 3 rings (SSSR count). The molecule has 1 fully saturated rings. The van der Waals surface area contributed by atoms with Gasteiger partial charge in [-0.1, -0.05) is 6.07 Å². The molecule has 102 valence electrons. The van der Waals surface area contributed by atoms with E-state index >= 15 is 0 Å². The number of fused-ring (bicyclic) bond motifs is 1. The average Bonchev–Trinajstić information content (AvgIpc) is 2.71. The van der Waals surface area contributed by atoms with Crippen molar-refractivity contribution in [1.29, 1.82) is 0 Å². The number of ether oxygens (including phenoxy) is 2. The maximum atomic E-state index is 6.02. The summed E-state index contributed by atoms with van der Waals surface area (Å²) in [4.78, 5) is 4.62. The molecular formula is C14H17ClN2O2. The lowest BCUT2D eigenvalue weighted by molar-refractivity contribution is -0.0589. The Morgan fingerprint density at radius 2 is 2.32 bits per heavy atom. The fraction of sp³-hybridized carbons (Fsp3) is 0.500. The van der Waals surface area contributed by atoms with E-state index in [2.05, 4.69) is 21.7 Å². The van der Waals surface area contributed by atoms with Gasteiger partial charge in [0.1, 0.15) is 17.1 Å². The Hall–Kier alpha value is -1.26. The first-order valence-corrected chi connectivity index (χ1v) is 6.98. The van der Waals surface area contributed by atoms with E-state index in [9.17, 15) is 0 Å². The Balaban J connectivity index is 2.12. The maximum absolute atomic E-state index is 6.02. The van der Waals surface area contributed by atoms with Gasteiger partial charge >= 0.3 is 0 Å². The summed E-state index contributed by atoms with van der Waals surface area (Å²) in [7, 11) is 1.68. The van der Waals surface area contributed by atoms with Gasteiger partial charge in [0, 0.05) is 6.61 Å². The minimum atomic E-state index is 0.284. The third-order valence-electron chi connectivity index (χ3n) is 3.65. The maximum Gasteiger partial charge on any atom is 0.149 e. The molecule has 19 heavy (non-hydrogen) atoms. The van der Waals surface area contributed by atoms with E-state index in [-0.39, 0.29) is 6.10 Å². The number of hydrogen-bond donors (Lipinski definition) is 0. The number of halogens is 1.